The molecule has 4 N–H and O–H groups in total. The highest BCUT2D eigenvalue weighted by atomic mass is 16.5. The molecular weight excluding hydrogens is 248 g/mol. The van der Waals surface area contributed by atoms with Gasteiger partial charge >= 0.3 is 0 Å². The number of hydrogen-bond donors (Lipinski definition) is 3. The van der Waals surface area contributed by atoms with E-state index in [2.05, 4.69) is 5.32 Å². The summed E-state index contributed by atoms with van der Waals surface area (Å²) < 4.78 is 4.93. The lowest BCUT2D eigenvalue weighted by atomic mass is 10.1. The monoisotopic (exact) mass is 266 g/mol. The molecule has 0 aromatic heterocycles. The number of unbranched alkanes of at least 4 members (excludes halogenated alkanes) is 1. The molecule has 0 saturated carbocycles. The van der Waals surface area contributed by atoms with Crippen LogP contribution in [-0.4, -0.2) is 30.6 Å². The minimum Gasteiger partial charge on any atom is -0.507 e. The zero-order valence-electron chi connectivity index (χ0n) is 10.8. The second-order valence-electron chi connectivity index (χ2n) is 4.06. The molecule has 6 heteroatoms. The number of nitrogens with two attached hydrogens (primary N) is 1. The number of aromatic hydroxyl groups is 1. The molecule has 6 nitrogen and oxygen atoms in total. The Bertz CT molecular complexity index is 460. The lowest BCUT2D eigenvalue weighted by molar-refractivity contribution is -0.118. The van der Waals surface area contributed by atoms with E-state index in [1.165, 1.54) is 19.2 Å². The number of primary amides is 1. The maximum absolute atomic E-state index is 11.8. The number of rotatable bonds is 7. The van der Waals surface area contributed by atoms with Gasteiger partial charge in [-0.05, 0) is 25.0 Å². The fourth-order valence-electron chi connectivity index (χ4n) is 1.55. The first-order valence-electron chi connectivity index (χ1n) is 5.98. The molecule has 19 heavy (non-hydrogen) atoms. The molecule has 0 saturated heterocycles. The van der Waals surface area contributed by atoms with Gasteiger partial charge in [-0.3, -0.25) is 9.59 Å². The summed E-state index contributed by atoms with van der Waals surface area (Å²) in [7, 11) is 1.48. The first-order valence-corrected chi connectivity index (χ1v) is 5.98. The summed E-state index contributed by atoms with van der Waals surface area (Å²) in [6.45, 7) is 0.428. The number of benzene rings is 1. The van der Waals surface area contributed by atoms with Gasteiger partial charge in [0, 0.05) is 19.0 Å². The van der Waals surface area contributed by atoms with Gasteiger partial charge in [0.2, 0.25) is 5.91 Å². The van der Waals surface area contributed by atoms with Crippen LogP contribution in [0.3, 0.4) is 0 Å². The Kier molecular flexibility index (Phi) is 5.66. The molecule has 1 rings (SSSR count). The minimum atomic E-state index is -0.362. The predicted molar refractivity (Wildman–Crippen MR) is 70.0 cm³/mol. The van der Waals surface area contributed by atoms with Crippen LogP contribution < -0.4 is 15.8 Å². The second kappa shape index (κ2) is 7.25. The number of methoxy groups -OCH3 is 1. The molecule has 0 aliphatic heterocycles. The summed E-state index contributed by atoms with van der Waals surface area (Å²) in [6.07, 6.45) is 1.60. The molecule has 0 spiro atoms. The zero-order chi connectivity index (χ0) is 14.3. The molecular formula is C13H18N2O4. The maximum atomic E-state index is 11.8. The first-order chi connectivity index (χ1) is 9.04. The van der Waals surface area contributed by atoms with Crippen molar-refractivity contribution in [2.75, 3.05) is 13.7 Å². The third-order valence-electron chi connectivity index (χ3n) is 2.59. The van der Waals surface area contributed by atoms with E-state index in [-0.39, 0.29) is 23.1 Å². The summed E-state index contributed by atoms with van der Waals surface area (Å²) >= 11 is 0. The SMILES string of the molecule is COc1ccc(C(=O)NCCCCC(N)=O)c(O)c1. The average molecular weight is 266 g/mol. The van der Waals surface area contributed by atoms with Crippen LogP contribution in [0, 0.1) is 0 Å². The summed E-state index contributed by atoms with van der Waals surface area (Å²) in [6, 6.07) is 4.47. The molecule has 0 atom stereocenters. The highest BCUT2D eigenvalue weighted by Crippen LogP contribution is 2.23. The van der Waals surface area contributed by atoms with Crippen LogP contribution in [0.25, 0.3) is 0 Å². The normalized spacial score (nSPS) is 9.95. The van der Waals surface area contributed by atoms with Crippen molar-refractivity contribution < 1.29 is 19.4 Å². The van der Waals surface area contributed by atoms with Gasteiger partial charge in [0.1, 0.15) is 11.5 Å². The minimum absolute atomic E-state index is 0.131. The van der Waals surface area contributed by atoms with Crippen LogP contribution >= 0.6 is 0 Å². The van der Waals surface area contributed by atoms with E-state index < -0.39 is 0 Å². The third kappa shape index (κ3) is 4.87. The number of ether oxygens (including phenoxy) is 1. The van der Waals surface area contributed by atoms with Gasteiger partial charge in [-0.1, -0.05) is 0 Å². The first kappa shape index (κ1) is 14.8. The van der Waals surface area contributed by atoms with Crippen LogP contribution in [0.4, 0.5) is 0 Å². The number of carbonyl (C=O) groups excluding carboxylic acids is 2. The van der Waals surface area contributed by atoms with Gasteiger partial charge in [-0.25, -0.2) is 0 Å². The molecule has 0 radical (unpaired) electrons. The lowest BCUT2D eigenvalue weighted by Gasteiger charge is -2.07. The van der Waals surface area contributed by atoms with Gasteiger partial charge in [-0.15, -0.1) is 0 Å². The Morgan fingerprint density at radius 2 is 2.11 bits per heavy atom. The van der Waals surface area contributed by atoms with Gasteiger partial charge in [-0.2, -0.15) is 0 Å². The van der Waals surface area contributed by atoms with Gasteiger partial charge < -0.3 is 20.9 Å². The summed E-state index contributed by atoms with van der Waals surface area (Å²) in [5.74, 6) is -0.358. The van der Waals surface area contributed by atoms with Gasteiger partial charge in [0.05, 0.1) is 12.7 Å². The van der Waals surface area contributed by atoms with Crippen molar-refractivity contribution in [1.29, 1.82) is 0 Å². The lowest BCUT2D eigenvalue weighted by Crippen LogP contribution is -2.24. The average Bonchev–Trinajstić information content (AvgIpc) is 2.37. The quantitative estimate of drug-likeness (QED) is 0.635. The number of amides is 2. The van der Waals surface area contributed by atoms with Crippen molar-refractivity contribution in [3.05, 3.63) is 23.8 Å². The summed E-state index contributed by atoms with van der Waals surface area (Å²) in [4.78, 5) is 22.3. The zero-order valence-corrected chi connectivity index (χ0v) is 10.8. The van der Waals surface area contributed by atoms with Crippen molar-refractivity contribution in [3.63, 3.8) is 0 Å². The number of hydrogen-bond acceptors (Lipinski definition) is 4. The number of phenolic OH excluding ortho intramolecular Hbond substituents is 1. The van der Waals surface area contributed by atoms with E-state index >= 15 is 0 Å². The molecule has 0 fully saturated rings. The molecule has 0 unspecified atom stereocenters. The fourth-order valence-corrected chi connectivity index (χ4v) is 1.55. The van der Waals surface area contributed by atoms with Crippen molar-refractivity contribution in [2.24, 2.45) is 5.73 Å². The molecule has 1 aromatic carbocycles. The highest BCUT2D eigenvalue weighted by Gasteiger charge is 2.11. The van der Waals surface area contributed by atoms with E-state index in [1.54, 1.807) is 6.07 Å². The van der Waals surface area contributed by atoms with Crippen molar-refractivity contribution >= 4 is 11.8 Å². The van der Waals surface area contributed by atoms with E-state index in [1.807, 2.05) is 0 Å². The molecule has 0 aliphatic rings. The van der Waals surface area contributed by atoms with Gasteiger partial charge in [0.25, 0.3) is 5.91 Å². The Labute approximate surface area is 111 Å². The van der Waals surface area contributed by atoms with E-state index in [4.69, 9.17) is 10.5 Å². The summed E-state index contributed by atoms with van der Waals surface area (Å²) in [5.41, 5.74) is 5.19. The maximum Gasteiger partial charge on any atom is 0.255 e. The Morgan fingerprint density at radius 3 is 2.68 bits per heavy atom. The van der Waals surface area contributed by atoms with Crippen molar-refractivity contribution in [3.8, 4) is 11.5 Å². The fraction of sp³-hybridized carbons (Fsp3) is 0.385. The Morgan fingerprint density at radius 1 is 1.37 bits per heavy atom. The van der Waals surface area contributed by atoms with Crippen LogP contribution in [0.1, 0.15) is 29.6 Å². The van der Waals surface area contributed by atoms with Crippen molar-refractivity contribution in [1.82, 2.24) is 5.32 Å². The summed E-state index contributed by atoms with van der Waals surface area (Å²) in [5, 5.41) is 12.3. The Balaban J connectivity index is 2.43. The van der Waals surface area contributed by atoms with E-state index in [0.29, 0.717) is 31.6 Å². The molecule has 0 heterocycles. The molecule has 1 aromatic rings. The van der Waals surface area contributed by atoms with Gasteiger partial charge in [0.15, 0.2) is 0 Å². The number of nitrogens with one attached hydrogen (secondary N) is 1. The third-order valence-corrected chi connectivity index (χ3v) is 2.59. The topological polar surface area (TPSA) is 102 Å². The van der Waals surface area contributed by atoms with Crippen LogP contribution in [-0.2, 0) is 4.79 Å². The van der Waals surface area contributed by atoms with Crippen LogP contribution in [0.5, 0.6) is 11.5 Å². The van der Waals surface area contributed by atoms with E-state index in [0.717, 1.165) is 0 Å². The second-order valence-corrected chi connectivity index (χ2v) is 4.06. The Hall–Kier alpha value is -2.24. The van der Waals surface area contributed by atoms with Crippen molar-refractivity contribution in [2.45, 2.75) is 19.3 Å². The number of phenols is 1. The largest absolute Gasteiger partial charge is 0.507 e. The smallest absolute Gasteiger partial charge is 0.255 e. The molecule has 2 amide bonds. The number of carbonyl (C=O) groups is 2. The molecule has 0 bridgehead atoms. The molecule has 104 valence electrons. The molecule has 0 aliphatic carbocycles. The van der Waals surface area contributed by atoms with E-state index in [9.17, 15) is 14.7 Å². The highest BCUT2D eigenvalue weighted by molar-refractivity contribution is 5.96. The standard InChI is InChI=1S/C13H18N2O4/c1-19-9-5-6-10(11(16)8-9)13(18)15-7-3-2-4-12(14)17/h5-6,8,16H,2-4,7H2,1H3,(H2,14,17)(H,15,18). The predicted octanol–water partition coefficient (Wildman–Crippen LogP) is 0.786. The van der Waals surface area contributed by atoms with Crippen LogP contribution in [0.2, 0.25) is 0 Å². The van der Waals surface area contributed by atoms with Crippen LogP contribution in [0.15, 0.2) is 18.2 Å².